The molecule has 1 unspecified atom stereocenters. The highest BCUT2D eigenvalue weighted by Gasteiger charge is 2.24. The zero-order chi connectivity index (χ0) is 22.5. The molecule has 0 fully saturated rings. The third-order valence-corrected chi connectivity index (χ3v) is 5.51. The van der Waals surface area contributed by atoms with Crippen LogP contribution in [0.5, 0.6) is 11.5 Å². The second-order valence-corrected chi connectivity index (χ2v) is 7.61. The summed E-state index contributed by atoms with van der Waals surface area (Å²) in [5, 5.41) is 3.51. The van der Waals surface area contributed by atoms with Gasteiger partial charge in [-0.1, -0.05) is 24.3 Å². The van der Waals surface area contributed by atoms with Crippen LogP contribution in [-0.2, 0) is 11.3 Å². The SMILES string of the molecule is COC(=O)c1ccc(C(C)Nc2nccc3c2N(Cc2cccc(OC)c2)CCO3)cc1. The lowest BCUT2D eigenvalue weighted by Gasteiger charge is -2.33. The molecule has 0 amide bonds. The third kappa shape index (κ3) is 4.61. The molecule has 1 aromatic heterocycles. The van der Waals surface area contributed by atoms with E-state index in [9.17, 15) is 4.79 Å². The van der Waals surface area contributed by atoms with Gasteiger partial charge in [-0.3, -0.25) is 0 Å². The number of nitrogens with zero attached hydrogens (tertiary/aromatic N) is 2. The van der Waals surface area contributed by atoms with Crippen molar-refractivity contribution in [3.63, 3.8) is 0 Å². The van der Waals surface area contributed by atoms with E-state index in [1.54, 1.807) is 25.4 Å². The molecule has 1 aliphatic rings. The summed E-state index contributed by atoms with van der Waals surface area (Å²) in [7, 11) is 3.05. The molecular formula is C25H27N3O4. The lowest BCUT2D eigenvalue weighted by molar-refractivity contribution is 0.0600. The molecule has 1 aliphatic heterocycles. The van der Waals surface area contributed by atoms with Gasteiger partial charge in [-0.2, -0.15) is 0 Å². The number of esters is 1. The fourth-order valence-corrected chi connectivity index (χ4v) is 3.81. The zero-order valence-corrected chi connectivity index (χ0v) is 18.5. The summed E-state index contributed by atoms with van der Waals surface area (Å²) < 4.78 is 16.1. The number of carbonyl (C=O) groups is 1. The van der Waals surface area contributed by atoms with Crippen molar-refractivity contribution in [2.45, 2.75) is 19.5 Å². The summed E-state index contributed by atoms with van der Waals surface area (Å²) in [6.45, 7) is 4.15. The Hall–Kier alpha value is -3.74. The molecule has 0 bridgehead atoms. The lowest BCUT2D eigenvalue weighted by atomic mass is 10.1. The third-order valence-electron chi connectivity index (χ3n) is 5.51. The van der Waals surface area contributed by atoms with Crippen LogP contribution in [0, 0.1) is 0 Å². The minimum absolute atomic E-state index is 0.0266. The maximum Gasteiger partial charge on any atom is 0.337 e. The Labute approximate surface area is 187 Å². The number of fused-ring (bicyclic) bond motifs is 1. The predicted molar refractivity (Wildman–Crippen MR) is 124 cm³/mol. The van der Waals surface area contributed by atoms with Crippen molar-refractivity contribution in [2.24, 2.45) is 0 Å². The van der Waals surface area contributed by atoms with Crippen LogP contribution in [-0.4, -0.2) is 38.3 Å². The quantitative estimate of drug-likeness (QED) is 0.552. The number of methoxy groups -OCH3 is 2. The van der Waals surface area contributed by atoms with E-state index in [-0.39, 0.29) is 12.0 Å². The number of carbonyl (C=O) groups excluding carboxylic acids is 1. The Bertz CT molecular complexity index is 1080. The van der Waals surface area contributed by atoms with Gasteiger partial charge in [0.1, 0.15) is 23.8 Å². The number of nitrogens with one attached hydrogen (secondary N) is 1. The van der Waals surface area contributed by atoms with Crippen LogP contribution in [0.2, 0.25) is 0 Å². The Morgan fingerprint density at radius 2 is 2.00 bits per heavy atom. The number of rotatable bonds is 7. The van der Waals surface area contributed by atoms with E-state index >= 15 is 0 Å². The number of pyridine rings is 1. The monoisotopic (exact) mass is 433 g/mol. The molecule has 7 nitrogen and oxygen atoms in total. The molecule has 2 aromatic carbocycles. The van der Waals surface area contributed by atoms with Crippen molar-refractivity contribution in [2.75, 3.05) is 37.6 Å². The maximum absolute atomic E-state index is 11.7. The highest BCUT2D eigenvalue weighted by Crippen LogP contribution is 2.39. The second-order valence-electron chi connectivity index (χ2n) is 7.61. The molecule has 2 heterocycles. The molecule has 0 radical (unpaired) electrons. The maximum atomic E-state index is 11.7. The van der Waals surface area contributed by atoms with Crippen LogP contribution in [0.15, 0.2) is 60.8 Å². The first kappa shape index (κ1) is 21.5. The molecule has 166 valence electrons. The average Bonchev–Trinajstić information content (AvgIpc) is 2.84. The fourth-order valence-electron chi connectivity index (χ4n) is 3.81. The number of ether oxygens (including phenoxy) is 3. The van der Waals surface area contributed by atoms with Gasteiger partial charge in [-0.05, 0) is 42.3 Å². The minimum atomic E-state index is -0.346. The zero-order valence-electron chi connectivity index (χ0n) is 18.5. The first-order valence-electron chi connectivity index (χ1n) is 10.5. The molecule has 1 N–H and O–H groups in total. The van der Waals surface area contributed by atoms with Gasteiger partial charge in [0.25, 0.3) is 0 Å². The topological polar surface area (TPSA) is 72.9 Å². The summed E-state index contributed by atoms with van der Waals surface area (Å²) in [5.41, 5.74) is 3.66. The van der Waals surface area contributed by atoms with Crippen LogP contribution in [0.1, 0.15) is 34.5 Å². The summed E-state index contributed by atoms with van der Waals surface area (Å²) >= 11 is 0. The summed E-state index contributed by atoms with van der Waals surface area (Å²) in [4.78, 5) is 18.6. The summed E-state index contributed by atoms with van der Waals surface area (Å²) in [6.07, 6.45) is 1.75. The molecule has 0 saturated heterocycles. The number of hydrogen-bond donors (Lipinski definition) is 1. The molecule has 0 aliphatic carbocycles. The smallest absolute Gasteiger partial charge is 0.337 e. The number of hydrogen-bond acceptors (Lipinski definition) is 7. The van der Waals surface area contributed by atoms with Crippen molar-refractivity contribution in [1.29, 1.82) is 0 Å². The van der Waals surface area contributed by atoms with Gasteiger partial charge in [0.2, 0.25) is 0 Å². The van der Waals surface area contributed by atoms with E-state index in [1.807, 2.05) is 36.4 Å². The molecule has 0 spiro atoms. The fraction of sp³-hybridized carbons (Fsp3) is 0.280. The van der Waals surface area contributed by atoms with Crippen molar-refractivity contribution in [3.8, 4) is 11.5 Å². The summed E-state index contributed by atoms with van der Waals surface area (Å²) in [6, 6.07) is 17.3. The normalized spacial score (nSPS) is 13.5. The molecular weight excluding hydrogens is 406 g/mol. The Balaban J connectivity index is 1.57. The molecule has 32 heavy (non-hydrogen) atoms. The van der Waals surface area contributed by atoms with E-state index < -0.39 is 0 Å². The number of benzene rings is 2. The van der Waals surface area contributed by atoms with Crippen LogP contribution in [0.3, 0.4) is 0 Å². The van der Waals surface area contributed by atoms with Gasteiger partial charge in [0.15, 0.2) is 5.82 Å². The van der Waals surface area contributed by atoms with Crippen LogP contribution < -0.4 is 19.7 Å². The molecule has 3 aromatic rings. The highest BCUT2D eigenvalue weighted by molar-refractivity contribution is 5.89. The minimum Gasteiger partial charge on any atom is -0.497 e. The Morgan fingerprint density at radius 3 is 2.75 bits per heavy atom. The largest absolute Gasteiger partial charge is 0.497 e. The van der Waals surface area contributed by atoms with E-state index in [0.717, 1.165) is 47.2 Å². The van der Waals surface area contributed by atoms with Crippen LogP contribution in [0.4, 0.5) is 11.5 Å². The van der Waals surface area contributed by atoms with Crippen molar-refractivity contribution >= 4 is 17.5 Å². The van der Waals surface area contributed by atoms with Crippen molar-refractivity contribution < 1.29 is 19.0 Å². The average molecular weight is 434 g/mol. The predicted octanol–water partition coefficient (Wildman–Crippen LogP) is 4.45. The van der Waals surface area contributed by atoms with Crippen molar-refractivity contribution in [3.05, 3.63) is 77.5 Å². The molecule has 7 heteroatoms. The van der Waals surface area contributed by atoms with Crippen LogP contribution >= 0.6 is 0 Å². The number of aromatic nitrogens is 1. The van der Waals surface area contributed by atoms with Gasteiger partial charge < -0.3 is 24.4 Å². The second kappa shape index (κ2) is 9.60. The van der Waals surface area contributed by atoms with E-state index in [0.29, 0.717) is 12.2 Å². The van der Waals surface area contributed by atoms with Crippen LogP contribution in [0.25, 0.3) is 0 Å². The van der Waals surface area contributed by atoms with Gasteiger partial charge in [-0.25, -0.2) is 9.78 Å². The Kier molecular flexibility index (Phi) is 6.44. The van der Waals surface area contributed by atoms with Crippen molar-refractivity contribution in [1.82, 2.24) is 4.98 Å². The van der Waals surface area contributed by atoms with Gasteiger partial charge in [0.05, 0.1) is 32.4 Å². The Morgan fingerprint density at radius 1 is 1.19 bits per heavy atom. The number of anilines is 2. The standard InChI is InChI=1S/C25H27N3O4/c1-17(19-7-9-20(10-8-19)25(29)31-3)27-24-23-22(11-12-26-24)32-14-13-28(23)16-18-5-4-6-21(15-18)30-2/h4-12,15,17H,13-14,16H2,1-3H3,(H,26,27). The van der Waals surface area contributed by atoms with Gasteiger partial charge in [0, 0.05) is 18.8 Å². The summed E-state index contributed by atoms with van der Waals surface area (Å²) in [5.74, 6) is 2.06. The molecule has 1 atom stereocenters. The molecule has 0 saturated carbocycles. The first-order chi connectivity index (χ1) is 15.6. The first-order valence-corrected chi connectivity index (χ1v) is 10.5. The van der Waals surface area contributed by atoms with E-state index in [2.05, 4.69) is 28.2 Å². The van der Waals surface area contributed by atoms with Gasteiger partial charge in [-0.15, -0.1) is 0 Å². The highest BCUT2D eigenvalue weighted by atomic mass is 16.5. The molecule has 4 rings (SSSR count). The van der Waals surface area contributed by atoms with E-state index in [1.165, 1.54) is 7.11 Å². The van der Waals surface area contributed by atoms with E-state index in [4.69, 9.17) is 14.2 Å². The lowest BCUT2D eigenvalue weighted by Crippen LogP contribution is -2.33. The van der Waals surface area contributed by atoms with Gasteiger partial charge >= 0.3 is 5.97 Å².